The fourth-order valence-electron chi connectivity index (χ4n) is 4.47. The first-order valence-corrected chi connectivity index (χ1v) is 6.92. The molecule has 4 saturated carbocycles. The van der Waals surface area contributed by atoms with Crippen LogP contribution in [-0.2, 0) is 0 Å². The van der Waals surface area contributed by atoms with Crippen molar-refractivity contribution in [1.82, 2.24) is 0 Å². The molecule has 4 aliphatic rings. The normalized spacial score (nSPS) is 62.1. The SMILES string of the molecule is CC(S)C1(S)CC23CC1CC(S)(C2)C3. The summed E-state index contributed by atoms with van der Waals surface area (Å²) in [6, 6.07) is 0. The predicted octanol–water partition coefficient (Wildman–Crippen LogP) is 3.24. The minimum absolute atomic E-state index is 0.185. The van der Waals surface area contributed by atoms with Gasteiger partial charge in [0.05, 0.1) is 0 Å². The van der Waals surface area contributed by atoms with E-state index in [1.54, 1.807) is 0 Å². The van der Waals surface area contributed by atoms with Gasteiger partial charge in [-0.05, 0) is 43.4 Å². The second-order valence-electron chi connectivity index (χ2n) is 6.03. The highest BCUT2D eigenvalue weighted by Gasteiger charge is 2.68. The molecule has 4 rings (SSSR count). The Kier molecular flexibility index (Phi) is 1.93. The summed E-state index contributed by atoms with van der Waals surface area (Å²) in [7, 11) is 0. The first-order chi connectivity index (χ1) is 6.38. The molecule has 0 aromatic carbocycles. The Morgan fingerprint density at radius 2 is 1.79 bits per heavy atom. The quantitative estimate of drug-likeness (QED) is 0.581. The van der Waals surface area contributed by atoms with Gasteiger partial charge in [0.2, 0.25) is 0 Å². The van der Waals surface area contributed by atoms with E-state index in [-0.39, 0.29) is 4.75 Å². The highest BCUT2D eigenvalue weighted by atomic mass is 32.1. The summed E-state index contributed by atoms with van der Waals surface area (Å²) in [6.45, 7) is 2.20. The molecule has 80 valence electrons. The van der Waals surface area contributed by atoms with Gasteiger partial charge in [-0.25, -0.2) is 0 Å². The van der Waals surface area contributed by atoms with Crippen molar-refractivity contribution in [2.45, 2.75) is 53.8 Å². The highest BCUT2D eigenvalue weighted by Crippen LogP contribution is 2.74. The van der Waals surface area contributed by atoms with Crippen LogP contribution in [0.2, 0.25) is 0 Å². The lowest BCUT2D eigenvalue weighted by Gasteiger charge is -2.57. The molecule has 3 heteroatoms. The van der Waals surface area contributed by atoms with Crippen LogP contribution in [0.4, 0.5) is 0 Å². The van der Waals surface area contributed by atoms with E-state index in [1.807, 2.05) is 0 Å². The first kappa shape index (κ1) is 10.2. The van der Waals surface area contributed by atoms with E-state index in [9.17, 15) is 0 Å². The van der Waals surface area contributed by atoms with Gasteiger partial charge >= 0.3 is 0 Å². The molecule has 4 aliphatic carbocycles. The molecule has 3 atom stereocenters. The summed E-state index contributed by atoms with van der Waals surface area (Å²) in [4.78, 5) is 0. The summed E-state index contributed by atoms with van der Waals surface area (Å²) < 4.78 is 0.556. The zero-order valence-electron chi connectivity index (χ0n) is 8.53. The van der Waals surface area contributed by atoms with Crippen molar-refractivity contribution in [3.8, 4) is 0 Å². The van der Waals surface area contributed by atoms with Crippen molar-refractivity contribution in [1.29, 1.82) is 0 Å². The van der Waals surface area contributed by atoms with Crippen LogP contribution in [0.15, 0.2) is 0 Å². The topological polar surface area (TPSA) is 0 Å². The van der Waals surface area contributed by atoms with Gasteiger partial charge in [0.1, 0.15) is 0 Å². The molecule has 0 aromatic heterocycles. The standard InChI is InChI=1S/C11H18S3/c1-7(12)11(14)6-9-2-8(11)3-10(13,4-9)5-9/h7-8,12-14H,2-6H2,1H3. The Morgan fingerprint density at radius 3 is 2.36 bits per heavy atom. The summed E-state index contributed by atoms with van der Waals surface area (Å²) in [5, 5.41) is 0.409. The molecule has 3 bridgehead atoms. The van der Waals surface area contributed by atoms with Crippen LogP contribution in [0.25, 0.3) is 0 Å². The molecule has 1 spiro atoms. The fourth-order valence-corrected chi connectivity index (χ4v) is 6.18. The van der Waals surface area contributed by atoms with Crippen LogP contribution in [0.5, 0.6) is 0 Å². The smallest absolute Gasteiger partial charge is 0.0277 e. The van der Waals surface area contributed by atoms with Crippen LogP contribution in [0.1, 0.15) is 39.0 Å². The molecule has 0 radical (unpaired) electrons. The molecule has 0 aliphatic heterocycles. The second-order valence-corrected chi connectivity index (χ2v) is 8.58. The second kappa shape index (κ2) is 2.65. The molecule has 0 saturated heterocycles. The molecule has 14 heavy (non-hydrogen) atoms. The van der Waals surface area contributed by atoms with E-state index >= 15 is 0 Å². The number of hydrogen-bond donors (Lipinski definition) is 3. The van der Waals surface area contributed by atoms with Crippen molar-refractivity contribution in [3.63, 3.8) is 0 Å². The third-order valence-corrected chi connectivity index (χ3v) is 6.88. The fraction of sp³-hybridized carbons (Fsp3) is 1.00. The summed E-state index contributed by atoms with van der Waals surface area (Å²) in [5.74, 6) is 0.762. The van der Waals surface area contributed by atoms with Crippen LogP contribution >= 0.6 is 37.9 Å². The molecule has 0 heterocycles. The molecule has 0 amide bonds. The van der Waals surface area contributed by atoms with Crippen molar-refractivity contribution in [2.24, 2.45) is 11.3 Å². The van der Waals surface area contributed by atoms with E-state index in [0.717, 1.165) is 5.92 Å². The van der Waals surface area contributed by atoms with Gasteiger partial charge in [-0.1, -0.05) is 6.92 Å². The summed E-state index contributed by atoms with van der Waals surface area (Å²) in [6.07, 6.45) is 6.61. The van der Waals surface area contributed by atoms with E-state index in [4.69, 9.17) is 25.3 Å². The van der Waals surface area contributed by atoms with E-state index in [2.05, 4.69) is 19.6 Å². The van der Waals surface area contributed by atoms with Crippen LogP contribution in [0, 0.1) is 11.3 Å². The maximum Gasteiger partial charge on any atom is 0.0277 e. The predicted molar refractivity (Wildman–Crippen MR) is 70.9 cm³/mol. The maximum atomic E-state index is 4.96. The minimum Gasteiger partial charge on any atom is -0.175 e. The first-order valence-electron chi connectivity index (χ1n) is 5.51. The third-order valence-electron chi connectivity index (χ3n) is 4.80. The maximum absolute atomic E-state index is 4.96. The molecule has 0 N–H and O–H groups in total. The lowest BCUT2D eigenvalue weighted by Crippen LogP contribution is -2.51. The van der Waals surface area contributed by atoms with Crippen molar-refractivity contribution in [3.05, 3.63) is 0 Å². The van der Waals surface area contributed by atoms with Gasteiger partial charge < -0.3 is 0 Å². The molecule has 0 aromatic rings. The van der Waals surface area contributed by atoms with Crippen molar-refractivity contribution >= 4 is 37.9 Å². The Morgan fingerprint density at radius 1 is 1.14 bits per heavy atom. The van der Waals surface area contributed by atoms with Crippen molar-refractivity contribution < 1.29 is 0 Å². The van der Waals surface area contributed by atoms with Gasteiger partial charge in [-0.2, -0.15) is 37.9 Å². The van der Waals surface area contributed by atoms with Crippen LogP contribution in [0.3, 0.4) is 0 Å². The largest absolute Gasteiger partial charge is 0.175 e. The van der Waals surface area contributed by atoms with Crippen LogP contribution in [-0.4, -0.2) is 14.7 Å². The average molecular weight is 246 g/mol. The average Bonchev–Trinajstić information content (AvgIpc) is 2.16. The van der Waals surface area contributed by atoms with E-state index in [1.165, 1.54) is 32.1 Å². The number of rotatable bonds is 1. The monoisotopic (exact) mass is 246 g/mol. The Bertz CT molecular complexity index is 280. The third kappa shape index (κ3) is 1.12. The van der Waals surface area contributed by atoms with Crippen LogP contribution < -0.4 is 0 Å². The van der Waals surface area contributed by atoms with Gasteiger partial charge in [0, 0.05) is 14.7 Å². The zero-order chi connectivity index (χ0) is 10.2. The van der Waals surface area contributed by atoms with Gasteiger partial charge in [0.15, 0.2) is 0 Å². The lowest BCUT2D eigenvalue weighted by atomic mass is 9.54. The Labute approximate surface area is 103 Å². The minimum atomic E-state index is 0.185. The highest BCUT2D eigenvalue weighted by molar-refractivity contribution is 7.85. The molecular formula is C11H18S3. The Balaban J connectivity index is 1.95. The molecule has 0 nitrogen and oxygen atoms in total. The van der Waals surface area contributed by atoms with Gasteiger partial charge in [-0.15, -0.1) is 0 Å². The number of thiol groups is 3. The molecular weight excluding hydrogens is 228 g/mol. The zero-order valence-corrected chi connectivity index (χ0v) is 11.2. The summed E-state index contributed by atoms with van der Waals surface area (Å²) in [5.41, 5.74) is 0.614. The summed E-state index contributed by atoms with van der Waals surface area (Å²) >= 11 is 14.4. The van der Waals surface area contributed by atoms with Gasteiger partial charge in [-0.3, -0.25) is 0 Å². The van der Waals surface area contributed by atoms with E-state index in [0.29, 0.717) is 15.4 Å². The van der Waals surface area contributed by atoms with Gasteiger partial charge in [0.25, 0.3) is 0 Å². The molecule has 3 unspecified atom stereocenters. The Hall–Kier alpha value is 1.05. The molecule has 4 fully saturated rings. The lowest BCUT2D eigenvalue weighted by molar-refractivity contribution is 0.0371. The van der Waals surface area contributed by atoms with E-state index < -0.39 is 0 Å². The number of hydrogen-bond acceptors (Lipinski definition) is 3. The van der Waals surface area contributed by atoms with Crippen molar-refractivity contribution in [2.75, 3.05) is 0 Å².